The molecule has 6 heteroatoms. The Morgan fingerprint density at radius 1 is 1.09 bits per heavy atom. The predicted octanol–water partition coefficient (Wildman–Crippen LogP) is 3.86. The smallest absolute Gasteiger partial charge is 0.248 e. The molecule has 0 saturated carbocycles. The molecular weight excluding hydrogens is 318 g/mol. The van der Waals surface area contributed by atoms with Crippen molar-refractivity contribution in [2.45, 2.75) is 0 Å². The second-order valence-electron chi connectivity index (χ2n) is 4.39. The second-order valence-corrected chi connectivity index (χ2v) is 5.23. The van der Waals surface area contributed by atoms with Crippen LogP contribution < -0.4 is 10.6 Å². The lowest BCUT2D eigenvalue weighted by Crippen LogP contribution is -2.31. The first-order chi connectivity index (χ1) is 10.6. The van der Waals surface area contributed by atoms with Gasteiger partial charge in [-0.05, 0) is 24.3 Å². The maximum absolute atomic E-state index is 12.2. The fourth-order valence-electron chi connectivity index (χ4n) is 1.74. The Kier molecular flexibility index (Phi) is 5.48. The zero-order valence-corrected chi connectivity index (χ0v) is 13.0. The highest BCUT2D eigenvalue weighted by Crippen LogP contribution is 2.21. The van der Waals surface area contributed by atoms with Gasteiger partial charge < -0.3 is 10.6 Å². The molecule has 0 bridgehead atoms. The third-order valence-corrected chi connectivity index (χ3v) is 3.49. The van der Waals surface area contributed by atoms with Crippen molar-refractivity contribution in [2.24, 2.45) is 5.92 Å². The van der Waals surface area contributed by atoms with E-state index >= 15 is 0 Å². The Morgan fingerprint density at radius 2 is 1.73 bits per heavy atom. The van der Waals surface area contributed by atoms with E-state index in [1.165, 1.54) is 0 Å². The molecule has 0 saturated heterocycles. The average Bonchev–Trinajstić information content (AvgIpc) is 2.51. The Balaban J connectivity index is 2.08. The van der Waals surface area contributed by atoms with Crippen molar-refractivity contribution >= 4 is 46.1 Å². The monoisotopic (exact) mass is 329 g/mol. The predicted molar refractivity (Wildman–Crippen MR) is 91.8 cm³/mol. The van der Waals surface area contributed by atoms with Crippen molar-refractivity contribution in [1.29, 1.82) is 5.26 Å². The summed E-state index contributed by atoms with van der Waals surface area (Å²) in [5.74, 6) is -1.59. The molecule has 0 aliphatic carbocycles. The Bertz CT molecular complexity index is 728. The van der Waals surface area contributed by atoms with Crippen LogP contribution in [0.5, 0.6) is 0 Å². The van der Waals surface area contributed by atoms with Gasteiger partial charge in [0.2, 0.25) is 5.91 Å². The van der Waals surface area contributed by atoms with Crippen LogP contribution in [0, 0.1) is 17.2 Å². The highest BCUT2D eigenvalue weighted by atomic mass is 35.5. The average molecular weight is 330 g/mol. The summed E-state index contributed by atoms with van der Waals surface area (Å²) in [6.07, 6.45) is 0. The minimum Gasteiger partial charge on any atom is -0.347 e. The molecule has 1 atom stereocenters. The quantitative estimate of drug-likeness (QED) is 0.836. The number of benzene rings is 2. The Morgan fingerprint density at radius 3 is 2.36 bits per heavy atom. The lowest BCUT2D eigenvalue weighted by Gasteiger charge is -2.14. The summed E-state index contributed by atoms with van der Waals surface area (Å²) in [4.78, 5) is 12.3. The number of para-hydroxylation sites is 2. The number of nitrogens with one attached hydrogen (secondary N) is 2. The fraction of sp³-hybridized carbons (Fsp3) is 0.0625. The molecule has 0 aromatic heterocycles. The topological polar surface area (TPSA) is 64.9 Å². The number of nitrogens with zero attached hydrogens (tertiary/aromatic N) is 1. The first kappa shape index (κ1) is 16.0. The number of halogens is 1. The molecule has 1 unspecified atom stereocenters. The highest BCUT2D eigenvalue weighted by Gasteiger charge is 2.23. The van der Waals surface area contributed by atoms with E-state index in [-0.39, 0.29) is 4.99 Å². The molecule has 2 N–H and O–H groups in total. The van der Waals surface area contributed by atoms with Gasteiger partial charge in [-0.15, -0.1) is 0 Å². The maximum Gasteiger partial charge on any atom is 0.248 e. The van der Waals surface area contributed by atoms with Crippen LogP contribution >= 0.6 is 23.8 Å². The summed E-state index contributed by atoms with van der Waals surface area (Å²) in [6, 6.07) is 17.8. The van der Waals surface area contributed by atoms with Crippen molar-refractivity contribution in [3.63, 3.8) is 0 Å². The third kappa shape index (κ3) is 4.04. The van der Waals surface area contributed by atoms with E-state index in [0.717, 1.165) is 0 Å². The summed E-state index contributed by atoms with van der Waals surface area (Å²) in [5, 5.41) is 15.2. The molecule has 22 heavy (non-hydrogen) atoms. The lowest BCUT2D eigenvalue weighted by atomic mass is 10.1. The standard InChI is InChI=1S/C16H12ClN3OS/c17-13-8-4-5-9-14(13)20-16(22)12(10-18)15(21)19-11-6-2-1-3-7-11/h1-9,12H,(H,19,21)(H,20,22). The summed E-state index contributed by atoms with van der Waals surface area (Å²) in [6.45, 7) is 0. The van der Waals surface area contributed by atoms with E-state index in [1.807, 2.05) is 12.1 Å². The van der Waals surface area contributed by atoms with Crippen molar-refractivity contribution in [3.8, 4) is 6.07 Å². The Hall–Kier alpha value is -2.42. The maximum atomic E-state index is 12.2. The van der Waals surface area contributed by atoms with Crippen LogP contribution in [0.2, 0.25) is 5.02 Å². The van der Waals surface area contributed by atoms with Crippen LogP contribution in [-0.4, -0.2) is 10.9 Å². The van der Waals surface area contributed by atoms with Crippen LogP contribution in [-0.2, 0) is 4.79 Å². The number of carbonyl (C=O) groups excluding carboxylic acids is 1. The van der Waals surface area contributed by atoms with Gasteiger partial charge >= 0.3 is 0 Å². The van der Waals surface area contributed by atoms with Gasteiger partial charge in [0.15, 0.2) is 5.92 Å². The van der Waals surface area contributed by atoms with Crippen molar-refractivity contribution in [1.82, 2.24) is 0 Å². The van der Waals surface area contributed by atoms with Gasteiger partial charge in [0.1, 0.15) is 4.99 Å². The Labute approximate surface area is 138 Å². The molecule has 0 fully saturated rings. The van der Waals surface area contributed by atoms with Gasteiger partial charge in [-0.1, -0.05) is 54.2 Å². The van der Waals surface area contributed by atoms with Crippen molar-refractivity contribution < 1.29 is 4.79 Å². The summed E-state index contributed by atoms with van der Waals surface area (Å²) in [7, 11) is 0. The molecule has 4 nitrogen and oxygen atoms in total. The molecule has 0 radical (unpaired) electrons. The molecule has 0 aliphatic rings. The lowest BCUT2D eigenvalue weighted by molar-refractivity contribution is -0.116. The van der Waals surface area contributed by atoms with Crippen LogP contribution in [0.25, 0.3) is 0 Å². The molecule has 2 aromatic carbocycles. The van der Waals surface area contributed by atoms with E-state index in [9.17, 15) is 10.1 Å². The molecular formula is C16H12ClN3OS. The third-order valence-electron chi connectivity index (χ3n) is 2.83. The molecule has 0 heterocycles. The zero-order chi connectivity index (χ0) is 15.9. The highest BCUT2D eigenvalue weighted by molar-refractivity contribution is 7.80. The number of rotatable bonds is 4. The van der Waals surface area contributed by atoms with Crippen LogP contribution in [0.4, 0.5) is 11.4 Å². The molecule has 2 rings (SSSR count). The molecule has 0 spiro atoms. The second kappa shape index (κ2) is 7.55. The first-order valence-electron chi connectivity index (χ1n) is 6.42. The summed E-state index contributed by atoms with van der Waals surface area (Å²) < 4.78 is 0. The minimum absolute atomic E-state index is 0.101. The molecule has 2 aromatic rings. The first-order valence-corrected chi connectivity index (χ1v) is 7.21. The van der Waals surface area contributed by atoms with Crippen LogP contribution in [0.15, 0.2) is 54.6 Å². The van der Waals surface area contributed by atoms with E-state index in [1.54, 1.807) is 48.5 Å². The van der Waals surface area contributed by atoms with Gasteiger partial charge in [-0.2, -0.15) is 5.26 Å². The number of amides is 1. The van der Waals surface area contributed by atoms with Gasteiger partial charge in [-0.25, -0.2) is 0 Å². The normalized spacial score (nSPS) is 11.1. The molecule has 1 amide bonds. The number of anilines is 2. The van der Waals surface area contributed by atoms with Crippen LogP contribution in [0.1, 0.15) is 0 Å². The minimum atomic E-state index is -1.11. The summed E-state index contributed by atoms with van der Waals surface area (Å²) in [5.41, 5.74) is 1.16. The van der Waals surface area contributed by atoms with Gasteiger partial charge in [0.05, 0.1) is 16.8 Å². The van der Waals surface area contributed by atoms with E-state index in [0.29, 0.717) is 16.4 Å². The van der Waals surface area contributed by atoms with Gasteiger partial charge in [-0.3, -0.25) is 4.79 Å². The molecule has 0 aliphatic heterocycles. The van der Waals surface area contributed by atoms with Gasteiger partial charge in [0.25, 0.3) is 0 Å². The van der Waals surface area contributed by atoms with Crippen molar-refractivity contribution in [2.75, 3.05) is 10.6 Å². The SMILES string of the molecule is N#CC(C(=O)Nc1ccccc1)C(=S)Nc1ccccc1Cl. The number of carbonyl (C=O) groups is 1. The summed E-state index contributed by atoms with van der Waals surface area (Å²) >= 11 is 11.2. The van der Waals surface area contributed by atoms with Crippen molar-refractivity contribution in [3.05, 3.63) is 59.6 Å². The van der Waals surface area contributed by atoms with E-state index in [4.69, 9.17) is 23.8 Å². The van der Waals surface area contributed by atoms with E-state index < -0.39 is 11.8 Å². The largest absolute Gasteiger partial charge is 0.347 e. The zero-order valence-electron chi connectivity index (χ0n) is 11.4. The number of hydrogen-bond donors (Lipinski definition) is 2. The van der Waals surface area contributed by atoms with E-state index in [2.05, 4.69) is 10.6 Å². The number of thiocarbonyl (C=S) groups is 1. The number of hydrogen-bond acceptors (Lipinski definition) is 3. The molecule has 110 valence electrons. The fourth-order valence-corrected chi connectivity index (χ4v) is 2.19. The van der Waals surface area contributed by atoms with Crippen LogP contribution in [0.3, 0.4) is 0 Å². The number of nitriles is 1. The van der Waals surface area contributed by atoms with Gasteiger partial charge in [0, 0.05) is 5.69 Å².